The second-order valence-electron chi connectivity index (χ2n) is 2.97. The fourth-order valence-electron chi connectivity index (χ4n) is 1.02. The van der Waals surface area contributed by atoms with Gasteiger partial charge in [-0.15, -0.1) is 11.6 Å². The Bertz CT molecular complexity index is 359. The minimum atomic E-state index is -0.353. The minimum absolute atomic E-state index is 0.117. The fraction of sp³-hybridized carbons (Fsp3) is 0.300. The molecule has 0 aliphatic carbocycles. The van der Waals surface area contributed by atoms with Gasteiger partial charge in [-0.25, -0.2) is 4.39 Å². The maximum absolute atomic E-state index is 12.9. The highest BCUT2D eigenvalue weighted by molar-refractivity contribution is 9.10. The number of benzene rings is 1. The van der Waals surface area contributed by atoms with Crippen molar-refractivity contribution in [1.29, 1.82) is 0 Å². The van der Waals surface area contributed by atoms with E-state index in [9.17, 15) is 9.18 Å². The normalized spacial score (nSPS) is 10.1. The summed E-state index contributed by atoms with van der Waals surface area (Å²) >= 11 is 8.50. The summed E-state index contributed by atoms with van der Waals surface area (Å²) in [5, 5.41) is 2.65. The Morgan fingerprint density at radius 3 is 2.87 bits per heavy atom. The monoisotopic (exact) mass is 293 g/mol. The van der Waals surface area contributed by atoms with Crippen LogP contribution in [0, 0.1) is 5.82 Å². The summed E-state index contributed by atoms with van der Waals surface area (Å²) in [6, 6.07) is 4.33. The van der Waals surface area contributed by atoms with E-state index in [0.717, 1.165) is 0 Å². The first-order chi connectivity index (χ1) is 7.13. The van der Waals surface area contributed by atoms with Crippen LogP contribution in [0.3, 0.4) is 0 Å². The number of rotatable bonds is 4. The molecular weight excluding hydrogens is 284 g/mol. The van der Waals surface area contributed by atoms with Crippen LogP contribution in [0.15, 0.2) is 22.7 Å². The van der Waals surface area contributed by atoms with Gasteiger partial charge in [-0.2, -0.15) is 0 Å². The van der Waals surface area contributed by atoms with Crippen molar-refractivity contribution in [2.45, 2.75) is 12.8 Å². The summed E-state index contributed by atoms with van der Waals surface area (Å²) < 4.78 is 13.2. The lowest BCUT2D eigenvalue weighted by atomic mass is 10.3. The zero-order valence-corrected chi connectivity index (χ0v) is 10.2. The predicted octanol–water partition coefficient (Wildman–Crippen LogP) is 3.55. The lowest BCUT2D eigenvalue weighted by Crippen LogP contribution is -2.11. The molecule has 0 atom stereocenters. The van der Waals surface area contributed by atoms with Gasteiger partial charge in [-0.05, 0) is 40.5 Å². The topological polar surface area (TPSA) is 29.1 Å². The van der Waals surface area contributed by atoms with Crippen molar-refractivity contribution >= 4 is 39.1 Å². The fourth-order valence-corrected chi connectivity index (χ4v) is 1.54. The van der Waals surface area contributed by atoms with Crippen LogP contribution in [0.1, 0.15) is 12.8 Å². The highest BCUT2D eigenvalue weighted by Gasteiger charge is 2.04. The van der Waals surface area contributed by atoms with Gasteiger partial charge in [0.15, 0.2) is 0 Å². The van der Waals surface area contributed by atoms with Gasteiger partial charge in [0.1, 0.15) is 5.82 Å². The second-order valence-corrected chi connectivity index (χ2v) is 4.20. The van der Waals surface area contributed by atoms with Gasteiger partial charge in [0, 0.05) is 18.0 Å². The summed E-state index contributed by atoms with van der Waals surface area (Å²) in [7, 11) is 0. The quantitative estimate of drug-likeness (QED) is 0.846. The summed E-state index contributed by atoms with van der Waals surface area (Å²) in [6.07, 6.45) is 1.01. The van der Waals surface area contributed by atoms with Crippen LogP contribution < -0.4 is 5.32 Å². The summed E-state index contributed by atoms with van der Waals surface area (Å²) in [4.78, 5) is 11.3. The standard InChI is InChI=1S/C10H10BrClFNO/c11-8-6-7(3-4-9(8)13)14-10(15)2-1-5-12/h3-4,6H,1-2,5H2,(H,14,15). The van der Waals surface area contributed by atoms with Gasteiger partial charge in [0.05, 0.1) is 4.47 Å². The van der Waals surface area contributed by atoms with Gasteiger partial charge in [0.25, 0.3) is 0 Å². The van der Waals surface area contributed by atoms with Gasteiger partial charge in [-0.3, -0.25) is 4.79 Å². The Labute approximate surface area is 101 Å². The molecule has 0 radical (unpaired) electrons. The van der Waals surface area contributed by atoms with Crippen molar-refractivity contribution in [3.8, 4) is 0 Å². The Morgan fingerprint density at radius 1 is 1.53 bits per heavy atom. The Morgan fingerprint density at radius 2 is 2.27 bits per heavy atom. The van der Waals surface area contributed by atoms with Crippen LogP contribution in [-0.4, -0.2) is 11.8 Å². The number of amides is 1. The molecule has 0 aromatic heterocycles. The van der Waals surface area contributed by atoms with E-state index in [2.05, 4.69) is 21.2 Å². The van der Waals surface area contributed by atoms with Crippen molar-refractivity contribution in [3.05, 3.63) is 28.5 Å². The van der Waals surface area contributed by atoms with E-state index in [1.165, 1.54) is 18.2 Å². The third-order valence-electron chi connectivity index (χ3n) is 1.74. The van der Waals surface area contributed by atoms with E-state index in [1.807, 2.05) is 0 Å². The molecule has 0 aliphatic heterocycles. The number of carbonyl (C=O) groups excluding carboxylic acids is 1. The van der Waals surface area contributed by atoms with Crippen LogP contribution in [0.5, 0.6) is 0 Å². The van der Waals surface area contributed by atoms with Crippen molar-refractivity contribution < 1.29 is 9.18 Å². The Hall–Kier alpha value is -0.610. The number of hydrogen-bond donors (Lipinski definition) is 1. The van der Waals surface area contributed by atoms with E-state index in [0.29, 0.717) is 28.9 Å². The van der Waals surface area contributed by atoms with Gasteiger partial charge < -0.3 is 5.32 Å². The molecule has 5 heteroatoms. The smallest absolute Gasteiger partial charge is 0.224 e. The van der Waals surface area contributed by atoms with Gasteiger partial charge >= 0.3 is 0 Å². The van der Waals surface area contributed by atoms with Crippen LogP contribution in [0.4, 0.5) is 10.1 Å². The number of alkyl halides is 1. The molecule has 0 saturated carbocycles. The molecule has 0 spiro atoms. The molecule has 15 heavy (non-hydrogen) atoms. The molecule has 0 aliphatic rings. The number of hydrogen-bond acceptors (Lipinski definition) is 1. The third kappa shape index (κ3) is 4.18. The van der Waals surface area contributed by atoms with E-state index in [1.54, 1.807) is 0 Å². The first-order valence-electron chi connectivity index (χ1n) is 4.44. The van der Waals surface area contributed by atoms with Crippen LogP contribution in [0.2, 0.25) is 0 Å². The van der Waals surface area contributed by atoms with Crippen molar-refractivity contribution in [2.24, 2.45) is 0 Å². The van der Waals surface area contributed by atoms with E-state index < -0.39 is 0 Å². The van der Waals surface area contributed by atoms with Gasteiger partial charge in [-0.1, -0.05) is 0 Å². The third-order valence-corrected chi connectivity index (χ3v) is 2.62. The SMILES string of the molecule is O=C(CCCCl)Nc1ccc(F)c(Br)c1. The first kappa shape index (κ1) is 12.5. The maximum atomic E-state index is 12.9. The Kier molecular flexibility index (Phi) is 5.05. The average Bonchev–Trinajstić information content (AvgIpc) is 2.20. The molecule has 0 fully saturated rings. The lowest BCUT2D eigenvalue weighted by molar-refractivity contribution is -0.116. The second kappa shape index (κ2) is 6.08. The van der Waals surface area contributed by atoms with Crippen LogP contribution in [-0.2, 0) is 4.79 Å². The molecule has 0 heterocycles. The number of anilines is 1. The lowest BCUT2D eigenvalue weighted by Gasteiger charge is -2.05. The molecule has 0 unspecified atom stereocenters. The maximum Gasteiger partial charge on any atom is 0.224 e. The molecule has 1 aromatic rings. The highest BCUT2D eigenvalue weighted by Crippen LogP contribution is 2.20. The molecule has 2 nitrogen and oxygen atoms in total. The molecule has 0 saturated heterocycles. The van der Waals surface area contributed by atoms with Crippen molar-refractivity contribution in [1.82, 2.24) is 0 Å². The number of nitrogens with one attached hydrogen (secondary N) is 1. The van der Waals surface area contributed by atoms with E-state index in [4.69, 9.17) is 11.6 Å². The van der Waals surface area contributed by atoms with Crippen molar-refractivity contribution in [2.75, 3.05) is 11.2 Å². The number of carbonyl (C=O) groups is 1. The van der Waals surface area contributed by atoms with Crippen LogP contribution >= 0.6 is 27.5 Å². The highest BCUT2D eigenvalue weighted by atomic mass is 79.9. The number of halogens is 3. The molecule has 0 bridgehead atoms. The van der Waals surface area contributed by atoms with Crippen molar-refractivity contribution in [3.63, 3.8) is 0 Å². The summed E-state index contributed by atoms with van der Waals surface area (Å²) in [6.45, 7) is 0. The summed E-state index contributed by atoms with van der Waals surface area (Å²) in [5.74, 6) is -0.0107. The largest absolute Gasteiger partial charge is 0.326 e. The Balaban J connectivity index is 2.57. The van der Waals surface area contributed by atoms with Gasteiger partial charge in [0.2, 0.25) is 5.91 Å². The molecule has 1 rings (SSSR count). The zero-order valence-electron chi connectivity index (χ0n) is 7.90. The molecule has 1 N–H and O–H groups in total. The molecule has 82 valence electrons. The molecule has 1 amide bonds. The predicted molar refractivity (Wildman–Crippen MR) is 62.7 cm³/mol. The van der Waals surface area contributed by atoms with E-state index in [-0.39, 0.29) is 11.7 Å². The minimum Gasteiger partial charge on any atom is -0.326 e. The van der Waals surface area contributed by atoms with Crippen LogP contribution in [0.25, 0.3) is 0 Å². The first-order valence-corrected chi connectivity index (χ1v) is 5.77. The summed E-state index contributed by atoms with van der Waals surface area (Å²) in [5.41, 5.74) is 0.572. The van der Waals surface area contributed by atoms with E-state index >= 15 is 0 Å². The molecule has 1 aromatic carbocycles. The zero-order chi connectivity index (χ0) is 11.3. The molecular formula is C10H10BrClFNO. The average molecular weight is 295 g/mol.